The van der Waals surface area contributed by atoms with Crippen LogP contribution in [0.2, 0.25) is 0 Å². The molecule has 4 aliphatic carbocycles. The fourth-order valence-corrected chi connectivity index (χ4v) is 8.44. The molecule has 4 bridgehead atoms. The van der Waals surface area contributed by atoms with Crippen molar-refractivity contribution in [1.29, 1.82) is 0 Å². The number of carbonyl (C=O) groups is 1. The van der Waals surface area contributed by atoms with E-state index in [4.69, 9.17) is 0 Å². The summed E-state index contributed by atoms with van der Waals surface area (Å²) < 4.78 is 0. The van der Waals surface area contributed by atoms with Gasteiger partial charge in [-0.3, -0.25) is 4.79 Å². The Morgan fingerprint density at radius 3 is 1.78 bits per heavy atom. The van der Waals surface area contributed by atoms with Crippen LogP contribution in [-0.4, -0.2) is 20.0 Å². The molecule has 4 saturated carbocycles. The molecule has 0 atom stereocenters. The van der Waals surface area contributed by atoms with Crippen LogP contribution in [0.15, 0.2) is 84.9 Å². The van der Waals surface area contributed by atoms with Crippen LogP contribution >= 0.6 is 0 Å². The highest BCUT2D eigenvalue weighted by Crippen LogP contribution is 2.61. The van der Waals surface area contributed by atoms with Gasteiger partial charge in [0.2, 0.25) is 5.91 Å². The van der Waals surface area contributed by atoms with Crippen LogP contribution in [0, 0.1) is 23.2 Å². The van der Waals surface area contributed by atoms with Crippen molar-refractivity contribution in [2.45, 2.75) is 50.5 Å². The van der Waals surface area contributed by atoms with E-state index in [0.717, 1.165) is 40.1 Å². The summed E-state index contributed by atoms with van der Waals surface area (Å²) in [6.07, 6.45) is 8.68. The average molecular weight is 479 g/mol. The maximum absolute atomic E-state index is 14.0. The number of nitrogens with one attached hydrogen (secondary N) is 1. The van der Waals surface area contributed by atoms with Gasteiger partial charge >= 0.3 is 0 Å². The van der Waals surface area contributed by atoms with Gasteiger partial charge < -0.3 is 10.2 Å². The number of hydrogen-bond donors (Lipinski definition) is 1. The van der Waals surface area contributed by atoms with Crippen molar-refractivity contribution in [3.05, 3.63) is 102 Å². The van der Waals surface area contributed by atoms with Crippen LogP contribution in [0.3, 0.4) is 0 Å². The lowest BCUT2D eigenvalue weighted by molar-refractivity contribution is -0.126. The van der Waals surface area contributed by atoms with Gasteiger partial charge in [0, 0.05) is 24.7 Å². The Labute approximate surface area is 215 Å². The highest BCUT2D eigenvalue weighted by molar-refractivity contribution is 5.94. The SMILES string of the molecule is CNC(c1ccccc1)(c1ccccc1)c1ccccc1N(C)C(=O)CC12CC3CC(CC(C3)C1)C2. The third kappa shape index (κ3) is 3.89. The van der Waals surface area contributed by atoms with Gasteiger partial charge in [0.25, 0.3) is 0 Å². The van der Waals surface area contributed by atoms with E-state index < -0.39 is 5.54 Å². The van der Waals surface area contributed by atoms with E-state index in [-0.39, 0.29) is 11.3 Å². The third-order valence-electron chi connectivity index (χ3n) is 9.52. The summed E-state index contributed by atoms with van der Waals surface area (Å²) in [6.45, 7) is 0. The van der Waals surface area contributed by atoms with Gasteiger partial charge in [0.1, 0.15) is 0 Å². The van der Waals surface area contributed by atoms with Crippen molar-refractivity contribution in [3.63, 3.8) is 0 Å². The molecule has 7 rings (SSSR count). The molecule has 0 aromatic heterocycles. The summed E-state index contributed by atoms with van der Waals surface area (Å²) in [5.41, 5.74) is 4.06. The minimum absolute atomic E-state index is 0.230. The number of hydrogen-bond acceptors (Lipinski definition) is 2. The van der Waals surface area contributed by atoms with E-state index in [9.17, 15) is 4.79 Å². The first-order valence-corrected chi connectivity index (χ1v) is 13.7. The molecule has 36 heavy (non-hydrogen) atoms. The first kappa shape index (κ1) is 23.5. The molecule has 1 N–H and O–H groups in total. The Balaban J connectivity index is 1.39. The number of carbonyl (C=O) groups excluding carboxylic acids is 1. The predicted molar refractivity (Wildman–Crippen MR) is 147 cm³/mol. The molecule has 4 fully saturated rings. The van der Waals surface area contributed by atoms with Crippen molar-refractivity contribution < 1.29 is 4.79 Å². The fourth-order valence-electron chi connectivity index (χ4n) is 8.44. The van der Waals surface area contributed by atoms with Crippen LogP contribution in [0.5, 0.6) is 0 Å². The summed E-state index contributed by atoms with van der Waals surface area (Å²) in [7, 11) is 4.01. The second kappa shape index (κ2) is 9.19. The molecular formula is C33H38N2O. The van der Waals surface area contributed by atoms with Crippen molar-refractivity contribution in [3.8, 4) is 0 Å². The summed E-state index contributed by atoms with van der Waals surface area (Å²) >= 11 is 0. The molecule has 4 aliphatic rings. The lowest BCUT2D eigenvalue weighted by atomic mass is 9.49. The maximum atomic E-state index is 14.0. The monoisotopic (exact) mass is 478 g/mol. The number of nitrogens with zero attached hydrogens (tertiary/aromatic N) is 1. The number of rotatable bonds is 7. The van der Waals surface area contributed by atoms with E-state index in [0.29, 0.717) is 6.42 Å². The third-order valence-corrected chi connectivity index (χ3v) is 9.52. The molecule has 0 unspecified atom stereocenters. The molecule has 0 aliphatic heterocycles. The first-order valence-electron chi connectivity index (χ1n) is 13.7. The molecular weight excluding hydrogens is 440 g/mol. The van der Waals surface area contributed by atoms with Gasteiger partial charge in [0.05, 0.1) is 5.54 Å². The molecule has 1 amide bonds. The van der Waals surface area contributed by atoms with E-state index in [1.165, 1.54) is 38.5 Å². The molecule has 0 spiro atoms. The van der Waals surface area contributed by atoms with Gasteiger partial charge in [-0.2, -0.15) is 0 Å². The van der Waals surface area contributed by atoms with E-state index in [1.807, 2.05) is 19.0 Å². The molecule has 0 radical (unpaired) electrons. The van der Waals surface area contributed by atoms with Crippen LogP contribution in [-0.2, 0) is 10.3 Å². The Morgan fingerprint density at radius 2 is 1.28 bits per heavy atom. The first-order chi connectivity index (χ1) is 17.5. The van der Waals surface area contributed by atoms with Crippen molar-refractivity contribution >= 4 is 11.6 Å². The number of amides is 1. The van der Waals surface area contributed by atoms with Gasteiger partial charge in [-0.05, 0) is 85.9 Å². The topological polar surface area (TPSA) is 32.3 Å². The normalized spacial score (nSPS) is 26.7. The lowest BCUT2D eigenvalue weighted by Crippen LogP contribution is -2.48. The Morgan fingerprint density at radius 1 is 0.806 bits per heavy atom. The molecule has 0 saturated heterocycles. The molecule has 3 aromatic carbocycles. The molecule has 3 heteroatoms. The summed E-state index contributed by atoms with van der Waals surface area (Å²) in [5.74, 6) is 2.83. The summed E-state index contributed by atoms with van der Waals surface area (Å²) in [5, 5.41) is 3.69. The average Bonchev–Trinajstić information content (AvgIpc) is 2.89. The number of anilines is 1. The van der Waals surface area contributed by atoms with Crippen LogP contribution < -0.4 is 10.2 Å². The zero-order chi connectivity index (χ0) is 24.8. The summed E-state index contributed by atoms with van der Waals surface area (Å²) in [4.78, 5) is 15.9. The lowest BCUT2D eigenvalue weighted by Gasteiger charge is -2.57. The van der Waals surface area contributed by atoms with E-state index >= 15 is 0 Å². The number of benzene rings is 3. The van der Waals surface area contributed by atoms with Gasteiger partial charge in [-0.1, -0.05) is 78.9 Å². The highest BCUT2D eigenvalue weighted by Gasteiger charge is 2.51. The van der Waals surface area contributed by atoms with E-state index in [2.05, 4.69) is 90.2 Å². The number of para-hydroxylation sites is 1. The largest absolute Gasteiger partial charge is 0.315 e. The molecule has 186 valence electrons. The van der Waals surface area contributed by atoms with Gasteiger partial charge in [-0.15, -0.1) is 0 Å². The molecule has 0 heterocycles. The van der Waals surface area contributed by atoms with E-state index in [1.54, 1.807) is 0 Å². The minimum Gasteiger partial charge on any atom is -0.315 e. The van der Waals surface area contributed by atoms with Crippen LogP contribution in [0.1, 0.15) is 61.6 Å². The Kier molecular flexibility index (Phi) is 6.00. The molecule has 3 aromatic rings. The molecule has 3 nitrogen and oxygen atoms in total. The van der Waals surface area contributed by atoms with Crippen LogP contribution in [0.25, 0.3) is 0 Å². The van der Waals surface area contributed by atoms with Gasteiger partial charge in [-0.25, -0.2) is 0 Å². The van der Waals surface area contributed by atoms with Crippen LogP contribution in [0.4, 0.5) is 5.69 Å². The zero-order valence-corrected chi connectivity index (χ0v) is 21.6. The second-order valence-corrected chi connectivity index (χ2v) is 11.8. The van der Waals surface area contributed by atoms with Gasteiger partial charge in [0.15, 0.2) is 0 Å². The standard InChI is InChI=1S/C33H38N2O/c1-34-33(27-11-5-3-6-12-27,28-13-7-4-8-14-28)29-15-9-10-16-30(29)35(2)31(36)23-32-20-24-17-25(21-32)19-26(18-24)22-32/h3-16,24-26,34H,17-23H2,1-2H3. The zero-order valence-electron chi connectivity index (χ0n) is 21.6. The quantitative estimate of drug-likeness (QED) is 0.380. The Hall–Kier alpha value is -2.91. The highest BCUT2D eigenvalue weighted by atomic mass is 16.2. The summed E-state index contributed by atoms with van der Waals surface area (Å²) in [6, 6.07) is 29.6. The van der Waals surface area contributed by atoms with Crippen molar-refractivity contribution in [2.75, 3.05) is 19.0 Å². The van der Waals surface area contributed by atoms with Crippen molar-refractivity contribution in [2.24, 2.45) is 23.2 Å². The fraction of sp³-hybridized carbons (Fsp3) is 0.424. The van der Waals surface area contributed by atoms with Crippen molar-refractivity contribution in [1.82, 2.24) is 5.32 Å². The maximum Gasteiger partial charge on any atom is 0.227 e. The second-order valence-electron chi connectivity index (χ2n) is 11.8. The predicted octanol–water partition coefficient (Wildman–Crippen LogP) is 6.77. The smallest absolute Gasteiger partial charge is 0.227 e. The minimum atomic E-state index is -0.575. The Bertz CT molecular complexity index is 1140.